The van der Waals surface area contributed by atoms with Gasteiger partial charge < -0.3 is 14.4 Å². The summed E-state index contributed by atoms with van der Waals surface area (Å²) < 4.78 is 6.79. The number of aromatic nitrogens is 3. The lowest BCUT2D eigenvalue weighted by molar-refractivity contribution is -0.116. The standard InChI is InChI=1S/C24H21ClN4O3/c1-14-9-10-18(12-19(14)25)26-20(30)13-29-16(3)11-15(2)21(24(29)31)23-27-22(28-32-23)17-7-5-4-6-8-17/h4-12H,13H2,1-3H3,(H,26,30). The summed E-state index contributed by atoms with van der Waals surface area (Å²) in [4.78, 5) is 30.3. The molecule has 1 N–H and O–H groups in total. The third-order valence-electron chi connectivity index (χ3n) is 5.13. The van der Waals surface area contributed by atoms with Gasteiger partial charge in [-0.25, -0.2) is 0 Å². The van der Waals surface area contributed by atoms with Crippen molar-refractivity contribution < 1.29 is 9.32 Å². The number of nitrogens with zero attached hydrogens (tertiary/aromatic N) is 3. The van der Waals surface area contributed by atoms with Crippen molar-refractivity contribution in [3.8, 4) is 22.8 Å². The van der Waals surface area contributed by atoms with Crippen LogP contribution in [-0.4, -0.2) is 20.6 Å². The minimum absolute atomic E-state index is 0.117. The minimum Gasteiger partial charge on any atom is -0.333 e. The Bertz CT molecular complexity index is 1360. The number of hydrogen-bond acceptors (Lipinski definition) is 5. The van der Waals surface area contributed by atoms with Crippen molar-refractivity contribution in [1.82, 2.24) is 14.7 Å². The van der Waals surface area contributed by atoms with Gasteiger partial charge in [0.1, 0.15) is 12.1 Å². The first-order valence-electron chi connectivity index (χ1n) is 10.00. The summed E-state index contributed by atoms with van der Waals surface area (Å²) in [6.07, 6.45) is 0. The molecule has 0 bridgehead atoms. The molecule has 0 saturated heterocycles. The van der Waals surface area contributed by atoms with Gasteiger partial charge in [-0.05, 0) is 50.1 Å². The highest BCUT2D eigenvalue weighted by Crippen LogP contribution is 2.23. The van der Waals surface area contributed by atoms with E-state index in [2.05, 4.69) is 15.5 Å². The van der Waals surface area contributed by atoms with Crippen molar-refractivity contribution >= 4 is 23.2 Å². The zero-order chi connectivity index (χ0) is 22.8. The van der Waals surface area contributed by atoms with Crippen molar-refractivity contribution in [3.05, 3.63) is 86.8 Å². The summed E-state index contributed by atoms with van der Waals surface area (Å²) in [6.45, 7) is 5.29. The van der Waals surface area contributed by atoms with E-state index in [-0.39, 0.29) is 29.5 Å². The van der Waals surface area contributed by atoms with Crippen LogP contribution in [0.15, 0.2) is 63.9 Å². The lowest BCUT2D eigenvalue weighted by Crippen LogP contribution is -2.30. The zero-order valence-electron chi connectivity index (χ0n) is 17.8. The molecule has 7 nitrogen and oxygen atoms in total. The predicted molar refractivity (Wildman–Crippen MR) is 124 cm³/mol. The molecule has 0 aliphatic rings. The minimum atomic E-state index is -0.372. The Morgan fingerprint density at radius 2 is 1.81 bits per heavy atom. The summed E-state index contributed by atoms with van der Waals surface area (Å²) in [7, 11) is 0. The lowest BCUT2D eigenvalue weighted by atomic mass is 10.1. The van der Waals surface area contributed by atoms with Gasteiger partial charge in [-0.1, -0.05) is 53.2 Å². The maximum Gasteiger partial charge on any atom is 0.264 e. The molecule has 162 valence electrons. The molecule has 0 unspecified atom stereocenters. The quantitative estimate of drug-likeness (QED) is 0.474. The first-order valence-corrected chi connectivity index (χ1v) is 10.4. The second kappa shape index (κ2) is 8.80. The molecular formula is C24H21ClN4O3. The Kier molecular flexibility index (Phi) is 5.92. The van der Waals surface area contributed by atoms with Gasteiger partial charge in [0.05, 0.1) is 0 Å². The van der Waals surface area contributed by atoms with Crippen molar-refractivity contribution in [3.63, 3.8) is 0 Å². The second-order valence-corrected chi connectivity index (χ2v) is 7.94. The Balaban J connectivity index is 1.64. The number of aryl methyl sites for hydroxylation is 3. The number of hydrogen-bond donors (Lipinski definition) is 1. The predicted octanol–water partition coefficient (Wildman–Crippen LogP) is 4.78. The Morgan fingerprint density at radius 1 is 1.06 bits per heavy atom. The van der Waals surface area contributed by atoms with Gasteiger partial charge in [0.25, 0.3) is 11.4 Å². The van der Waals surface area contributed by atoms with Crippen LogP contribution in [0.2, 0.25) is 5.02 Å². The molecule has 2 heterocycles. The Morgan fingerprint density at radius 3 is 2.53 bits per heavy atom. The van der Waals surface area contributed by atoms with Crippen LogP contribution < -0.4 is 10.9 Å². The maximum atomic E-state index is 13.3. The zero-order valence-corrected chi connectivity index (χ0v) is 18.6. The van der Waals surface area contributed by atoms with Gasteiger partial charge in [-0.2, -0.15) is 4.98 Å². The van der Waals surface area contributed by atoms with E-state index in [4.69, 9.17) is 16.1 Å². The third-order valence-corrected chi connectivity index (χ3v) is 5.54. The van der Waals surface area contributed by atoms with Crippen LogP contribution in [0, 0.1) is 20.8 Å². The Labute approximate surface area is 189 Å². The highest BCUT2D eigenvalue weighted by atomic mass is 35.5. The van der Waals surface area contributed by atoms with Crippen molar-refractivity contribution in [1.29, 1.82) is 0 Å². The molecule has 0 aliphatic heterocycles. The number of nitrogens with one attached hydrogen (secondary N) is 1. The van der Waals surface area contributed by atoms with E-state index in [0.29, 0.717) is 27.8 Å². The number of rotatable bonds is 5. The Hall–Kier alpha value is -3.71. The van der Waals surface area contributed by atoms with Gasteiger partial charge in [-0.3, -0.25) is 9.59 Å². The van der Waals surface area contributed by atoms with Crippen LogP contribution in [-0.2, 0) is 11.3 Å². The fraction of sp³-hybridized carbons (Fsp3) is 0.167. The van der Waals surface area contributed by atoms with E-state index >= 15 is 0 Å². The molecule has 2 aromatic carbocycles. The molecule has 0 fully saturated rings. The number of carbonyl (C=O) groups excluding carboxylic acids is 1. The summed E-state index contributed by atoms with van der Waals surface area (Å²) in [5, 5.41) is 7.34. The molecule has 1 amide bonds. The molecule has 0 radical (unpaired) electrons. The fourth-order valence-corrected chi connectivity index (χ4v) is 3.61. The number of anilines is 1. The SMILES string of the molecule is Cc1ccc(NC(=O)Cn2c(C)cc(C)c(-c3nc(-c4ccccc4)no3)c2=O)cc1Cl. The van der Waals surface area contributed by atoms with Gasteiger partial charge in [0, 0.05) is 22.0 Å². The van der Waals surface area contributed by atoms with Crippen molar-refractivity contribution in [2.75, 3.05) is 5.32 Å². The van der Waals surface area contributed by atoms with E-state index in [0.717, 1.165) is 11.1 Å². The molecule has 0 spiro atoms. The normalized spacial score (nSPS) is 10.9. The number of carbonyl (C=O) groups is 1. The van der Waals surface area contributed by atoms with Crippen LogP contribution in [0.3, 0.4) is 0 Å². The molecule has 0 aliphatic carbocycles. The third kappa shape index (κ3) is 4.33. The second-order valence-electron chi connectivity index (χ2n) is 7.54. The summed E-state index contributed by atoms with van der Waals surface area (Å²) in [5.41, 5.74) is 3.50. The number of halogens is 1. The highest BCUT2D eigenvalue weighted by molar-refractivity contribution is 6.31. The fourth-order valence-electron chi connectivity index (χ4n) is 3.43. The topological polar surface area (TPSA) is 90.0 Å². The molecule has 0 saturated carbocycles. The monoisotopic (exact) mass is 448 g/mol. The van der Waals surface area contributed by atoms with E-state index in [9.17, 15) is 9.59 Å². The smallest absolute Gasteiger partial charge is 0.264 e. The van der Waals surface area contributed by atoms with E-state index < -0.39 is 0 Å². The lowest BCUT2D eigenvalue weighted by Gasteiger charge is -2.13. The maximum absolute atomic E-state index is 13.3. The summed E-state index contributed by atoms with van der Waals surface area (Å²) >= 11 is 6.13. The number of pyridine rings is 1. The molecular weight excluding hydrogens is 428 g/mol. The van der Waals surface area contributed by atoms with Gasteiger partial charge in [0.2, 0.25) is 11.7 Å². The largest absolute Gasteiger partial charge is 0.333 e. The highest BCUT2D eigenvalue weighted by Gasteiger charge is 2.20. The first kappa shape index (κ1) is 21.5. The average molecular weight is 449 g/mol. The van der Waals surface area contributed by atoms with Crippen LogP contribution in [0.25, 0.3) is 22.8 Å². The summed E-state index contributed by atoms with van der Waals surface area (Å²) in [6, 6.07) is 16.4. The molecule has 4 aromatic rings. The van der Waals surface area contributed by atoms with E-state index in [1.165, 1.54) is 4.57 Å². The first-order chi connectivity index (χ1) is 15.3. The van der Waals surface area contributed by atoms with E-state index in [1.807, 2.05) is 49.4 Å². The molecule has 4 rings (SSSR count). The van der Waals surface area contributed by atoms with Gasteiger partial charge in [0.15, 0.2) is 0 Å². The van der Waals surface area contributed by atoms with Crippen LogP contribution in [0.4, 0.5) is 5.69 Å². The molecule has 2 aromatic heterocycles. The van der Waals surface area contributed by atoms with Crippen LogP contribution in [0.1, 0.15) is 16.8 Å². The van der Waals surface area contributed by atoms with Gasteiger partial charge >= 0.3 is 0 Å². The van der Waals surface area contributed by atoms with Gasteiger partial charge in [-0.15, -0.1) is 0 Å². The molecule has 8 heteroatoms. The number of amides is 1. The number of benzene rings is 2. The molecule has 0 atom stereocenters. The molecule has 32 heavy (non-hydrogen) atoms. The van der Waals surface area contributed by atoms with E-state index in [1.54, 1.807) is 26.0 Å². The van der Waals surface area contributed by atoms with Crippen molar-refractivity contribution in [2.45, 2.75) is 27.3 Å². The van der Waals surface area contributed by atoms with Crippen molar-refractivity contribution in [2.24, 2.45) is 0 Å². The average Bonchev–Trinajstić information content (AvgIpc) is 3.24. The summed E-state index contributed by atoms with van der Waals surface area (Å²) in [5.74, 6) is 0.159. The van der Waals surface area contributed by atoms with Crippen LogP contribution in [0.5, 0.6) is 0 Å². The van der Waals surface area contributed by atoms with Crippen LogP contribution >= 0.6 is 11.6 Å².